The Labute approximate surface area is 460 Å². The summed E-state index contributed by atoms with van der Waals surface area (Å²) in [4.78, 5) is 36.4. The zero-order valence-corrected chi connectivity index (χ0v) is 47.3. The van der Waals surface area contributed by atoms with Crippen LogP contribution in [0, 0.1) is 0 Å². The maximum absolute atomic E-state index is 12.4. The van der Waals surface area contributed by atoms with E-state index in [1.54, 1.807) is 24.3 Å². The molecule has 3 aliphatic heterocycles. The standard InChI is InChI=1S/2C22H27BO4.C17H22BF3O3/c1-21(2)22(3,4)27-23(26-21)19-11-9-17(10-12-19)14-20(25)13-16-5-7-18(15-24)8-6-16;1-21(2)22(3,4)27-23(26-21)19-10-8-16(9-11-19)13-20(25)14-17-6-5-7-18(12-17)15-24;1-15(2)16(3,4)24-18(23-15)13-7-5-12(6-8-13)11-14(22)9-10-17(19,20)21/h2*5-12,24H,13-15H2,1-4H3;5-8H,9-11H2,1-4H3. The zero-order valence-electron chi connectivity index (χ0n) is 47.3. The third-order valence-corrected chi connectivity index (χ3v) is 15.6. The molecule has 17 heteroatoms. The average molecular weight is 1070 g/mol. The van der Waals surface area contributed by atoms with Crippen LogP contribution >= 0.6 is 0 Å². The summed E-state index contributed by atoms with van der Waals surface area (Å²) in [5.41, 5.74) is 6.61. The molecule has 3 heterocycles. The Morgan fingerprint density at radius 2 is 0.641 bits per heavy atom. The van der Waals surface area contributed by atoms with Crippen LogP contribution in [0.15, 0.2) is 121 Å². The van der Waals surface area contributed by atoms with Gasteiger partial charge in [-0.2, -0.15) is 13.2 Å². The molecule has 0 aliphatic carbocycles. The summed E-state index contributed by atoms with van der Waals surface area (Å²) >= 11 is 0. The van der Waals surface area contributed by atoms with Crippen LogP contribution in [-0.4, -0.2) is 88.7 Å². The second-order valence-corrected chi connectivity index (χ2v) is 23.6. The van der Waals surface area contributed by atoms with Gasteiger partial charge in [-0.15, -0.1) is 0 Å². The van der Waals surface area contributed by atoms with Gasteiger partial charge in [-0.3, -0.25) is 14.4 Å². The first-order chi connectivity index (χ1) is 36.3. The summed E-state index contributed by atoms with van der Waals surface area (Å²) in [7, 11) is -1.27. The first kappa shape index (κ1) is 62.0. The molecule has 3 aliphatic rings. The van der Waals surface area contributed by atoms with E-state index in [0.717, 1.165) is 49.8 Å². The number of hydrogen-bond donors (Lipinski definition) is 2. The molecule has 0 amide bonds. The first-order valence-corrected chi connectivity index (χ1v) is 26.6. The van der Waals surface area contributed by atoms with Crippen LogP contribution in [0.5, 0.6) is 0 Å². The normalized spacial score (nSPS) is 18.4. The Bertz CT molecular complexity index is 2760. The third-order valence-electron chi connectivity index (χ3n) is 15.6. The lowest BCUT2D eigenvalue weighted by Gasteiger charge is -2.32. The summed E-state index contributed by atoms with van der Waals surface area (Å²) in [5, 5.41) is 18.3. The van der Waals surface area contributed by atoms with Crippen molar-refractivity contribution in [1.82, 2.24) is 0 Å². The highest BCUT2D eigenvalue weighted by Crippen LogP contribution is 2.38. The molecule has 0 bridgehead atoms. The van der Waals surface area contributed by atoms with Gasteiger partial charge in [0.15, 0.2) is 0 Å². The van der Waals surface area contributed by atoms with Crippen LogP contribution in [0.1, 0.15) is 135 Å². The molecule has 0 saturated carbocycles. The van der Waals surface area contributed by atoms with E-state index in [2.05, 4.69) is 0 Å². The van der Waals surface area contributed by atoms with Crippen molar-refractivity contribution in [2.45, 2.75) is 181 Å². The molecule has 0 unspecified atom stereocenters. The molecule has 5 aromatic carbocycles. The van der Waals surface area contributed by atoms with Crippen LogP contribution in [-0.2, 0) is 87.6 Å². The predicted octanol–water partition coefficient (Wildman–Crippen LogP) is 9.10. The SMILES string of the molecule is CC1(C)OB(c2ccc(CC(=O)CCC(F)(F)F)cc2)OC1(C)C.CC1(C)OB(c2ccc(CC(=O)Cc3ccc(CO)cc3)cc2)OC1(C)C.CC1(C)OB(c2ccc(CC(=O)Cc3cccc(CO)c3)cc2)OC1(C)C. The second kappa shape index (κ2) is 25.1. The van der Waals surface area contributed by atoms with E-state index in [0.29, 0.717) is 31.2 Å². The van der Waals surface area contributed by atoms with Gasteiger partial charge in [0.2, 0.25) is 0 Å². The van der Waals surface area contributed by atoms with Gasteiger partial charge in [0.1, 0.15) is 17.3 Å². The van der Waals surface area contributed by atoms with Gasteiger partial charge in [0, 0.05) is 38.5 Å². The molecule has 2 N–H and O–H groups in total. The number of Topliss-reactive ketones (excluding diaryl/α,β-unsaturated/α-hetero) is 3. The van der Waals surface area contributed by atoms with Crippen molar-refractivity contribution in [3.05, 3.63) is 160 Å². The smallest absolute Gasteiger partial charge is 0.399 e. The minimum absolute atomic E-state index is 0.000271. The van der Waals surface area contributed by atoms with E-state index in [9.17, 15) is 32.7 Å². The highest BCUT2D eigenvalue weighted by molar-refractivity contribution is 6.63. The van der Waals surface area contributed by atoms with Crippen molar-refractivity contribution in [3.63, 3.8) is 0 Å². The highest BCUT2D eigenvalue weighted by Gasteiger charge is 2.53. The molecule has 0 atom stereocenters. The Morgan fingerprint density at radius 1 is 0.385 bits per heavy atom. The van der Waals surface area contributed by atoms with Crippen LogP contribution in [0.3, 0.4) is 0 Å². The molecule has 0 aromatic heterocycles. The van der Waals surface area contributed by atoms with Gasteiger partial charge >= 0.3 is 27.5 Å². The van der Waals surface area contributed by atoms with Crippen molar-refractivity contribution in [1.29, 1.82) is 0 Å². The summed E-state index contributed by atoms with van der Waals surface area (Å²) < 4.78 is 72.5. The van der Waals surface area contributed by atoms with Crippen molar-refractivity contribution in [2.75, 3.05) is 0 Å². The summed E-state index contributed by atoms with van der Waals surface area (Å²) in [6.45, 7) is 24.1. The summed E-state index contributed by atoms with van der Waals surface area (Å²) in [6, 6.07) is 37.8. The largest absolute Gasteiger partial charge is 0.494 e. The molecule has 8 rings (SSSR count). The van der Waals surface area contributed by atoms with Gasteiger partial charge in [0.25, 0.3) is 0 Å². The quantitative estimate of drug-likeness (QED) is 0.0860. The number of rotatable bonds is 17. The topological polar surface area (TPSA) is 147 Å². The summed E-state index contributed by atoms with van der Waals surface area (Å²) in [6.07, 6.45) is -4.31. The van der Waals surface area contributed by atoms with Crippen molar-refractivity contribution in [3.8, 4) is 0 Å². The molecule has 78 heavy (non-hydrogen) atoms. The number of carbonyl (C=O) groups excluding carboxylic acids is 3. The third kappa shape index (κ3) is 16.7. The minimum Gasteiger partial charge on any atom is -0.399 e. The van der Waals surface area contributed by atoms with Crippen LogP contribution < -0.4 is 16.4 Å². The number of hydrogen-bond acceptors (Lipinski definition) is 11. The molecule has 5 aromatic rings. The molecular formula is C61H76B3F3O11. The van der Waals surface area contributed by atoms with E-state index in [1.165, 1.54) is 0 Å². The van der Waals surface area contributed by atoms with Crippen LogP contribution in [0.2, 0.25) is 0 Å². The number of halogens is 3. The number of alkyl halides is 3. The van der Waals surface area contributed by atoms with Gasteiger partial charge < -0.3 is 38.1 Å². The van der Waals surface area contributed by atoms with Gasteiger partial charge in [-0.1, -0.05) is 121 Å². The fraction of sp³-hybridized carbons (Fsp3) is 0.459. The Morgan fingerprint density at radius 3 is 0.936 bits per heavy atom. The first-order valence-electron chi connectivity index (χ1n) is 26.6. The monoisotopic (exact) mass is 1070 g/mol. The number of aliphatic hydroxyl groups excluding tert-OH is 2. The summed E-state index contributed by atoms with van der Waals surface area (Å²) in [5.74, 6) is -0.112. The predicted molar refractivity (Wildman–Crippen MR) is 300 cm³/mol. The highest BCUT2D eigenvalue weighted by atomic mass is 19.4. The Kier molecular flexibility index (Phi) is 19.9. The van der Waals surface area contributed by atoms with Crippen molar-refractivity contribution >= 4 is 55.1 Å². The molecule has 3 fully saturated rings. The Hall–Kier alpha value is -5.23. The van der Waals surface area contributed by atoms with E-state index in [1.807, 2.05) is 180 Å². The van der Waals surface area contributed by atoms with Gasteiger partial charge in [-0.05, 0) is 138 Å². The number of benzene rings is 5. The van der Waals surface area contributed by atoms with Crippen LogP contribution in [0.25, 0.3) is 0 Å². The molecule has 416 valence electrons. The van der Waals surface area contributed by atoms with Crippen LogP contribution in [0.4, 0.5) is 13.2 Å². The fourth-order valence-electron chi connectivity index (χ4n) is 8.55. The Balaban J connectivity index is 0.000000190. The van der Waals surface area contributed by atoms with E-state index >= 15 is 0 Å². The lowest BCUT2D eigenvalue weighted by molar-refractivity contribution is -0.143. The van der Waals surface area contributed by atoms with E-state index < -0.39 is 43.1 Å². The maximum Gasteiger partial charge on any atom is 0.494 e. The molecule has 0 spiro atoms. The zero-order chi connectivity index (χ0) is 57.5. The second-order valence-electron chi connectivity index (χ2n) is 23.6. The molecule has 0 radical (unpaired) electrons. The lowest BCUT2D eigenvalue weighted by Crippen LogP contribution is -2.41. The van der Waals surface area contributed by atoms with Gasteiger partial charge in [0.05, 0.1) is 53.2 Å². The number of aliphatic hydroxyl groups is 2. The van der Waals surface area contributed by atoms with E-state index in [-0.39, 0.29) is 67.8 Å². The number of ketones is 3. The molecular weight excluding hydrogens is 998 g/mol. The number of carbonyl (C=O) groups is 3. The van der Waals surface area contributed by atoms with Crippen molar-refractivity contribution < 1.29 is 65.7 Å². The average Bonchev–Trinajstić information content (AvgIpc) is 3.87. The maximum atomic E-state index is 12.4. The van der Waals surface area contributed by atoms with Gasteiger partial charge in [-0.25, -0.2) is 0 Å². The molecule has 11 nitrogen and oxygen atoms in total. The molecule has 3 saturated heterocycles. The minimum atomic E-state index is -4.30. The van der Waals surface area contributed by atoms with E-state index in [4.69, 9.17) is 33.0 Å². The lowest BCUT2D eigenvalue weighted by atomic mass is 9.78. The fourth-order valence-corrected chi connectivity index (χ4v) is 8.55. The van der Waals surface area contributed by atoms with Crippen molar-refractivity contribution in [2.24, 2.45) is 0 Å².